The quantitative estimate of drug-likeness (QED) is 0.690. The molecule has 0 aliphatic rings. The van der Waals surface area contributed by atoms with Crippen molar-refractivity contribution in [3.8, 4) is 11.5 Å². The van der Waals surface area contributed by atoms with Crippen molar-refractivity contribution in [2.24, 2.45) is 5.92 Å². The first-order valence-corrected chi connectivity index (χ1v) is 8.70. The van der Waals surface area contributed by atoms with Crippen LogP contribution in [0.25, 0.3) is 0 Å². The highest BCUT2D eigenvalue weighted by Gasteiger charge is 2.18. The Balaban J connectivity index is 2.74. The number of methoxy groups -OCH3 is 1. The lowest BCUT2D eigenvalue weighted by atomic mass is 10.0. The molecule has 0 N–H and O–H groups in total. The maximum atomic E-state index is 11.0. The highest BCUT2D eigenvalue weighted by molar-refractivity contribution is 7.85. The van der Waals surface area contributed by atoms with Gasteiger partial charge in [0, 0.05) is 12.5 Å². The Bertz CT molecular complexity index is 551. The summed E-state index contributed by atoms with van der Waals surface area (Å²) in [5, 5.41) is 0. The van der Waals surface area contributed by atoms with Gasteiger partial charge < -0.3 is 9.47 Å². The summed E-state index contributed by atoms with van der Waals surface area (Å²) in [4.78, 5) is 0. The van der Waals surface area contributed by atoms with Crippen LogP contribution in [0.1, 0.15) is 25.8 Å². The van der Waals surface area contributed by atoms with Crippen molar-refractivity contribution in [3.63, 3.8) is 0 Å². The summed E-state index contributed by atoms with van der Waals surface area (Å²) < 4.78 is 38.0. The number of aryl methyl sites for hydroxylation is 1. The summed E-state index contributed by atoms with van der Waals surface area (Å²) in [6.45, 7) is 6.13. The van der Waals surface area contributed by atoms with Gasteiger partial charge in [-0.15, -0.1) is 0 Å². The minimum Gasteiger partial charge on any atom is -0.497 e. The van der Waals surface area contributed by atoms with E-state index < -0.39 is 10.1 Å². The molecule has 1 atom stereocenters. The molecule has 0 fully saturated rings. The van der Waals surface area contributed by atoms with Crippen LogP contribution in [0.4, 0.5) is 0 Å². The van der Waals surface area contributed by atoms with Gasteiger partial charge >= 0.3 is 0 Å². The van der Waals surface area contributed by atoms with Gasteiger partial charge in [0.25, 0.3) is 10.1 Å². The summed E-state index contributed by atoms with van der Waals surface area (Å²) in [6, 6.07) is 5.64. The zero-order valence-corrected chi connectivity index (χ0v) is 14.1. The van der Waals surface area contributed by atoms with Gasteiger partial charge in [0.1, 0.15) is 17.6 Å². The fourth-order valence-electron chi connectivity index (χ4n) is 1.84. The largest absolute Gasteiger partial charge is 0.497 e. The van der Waals surface area contributed by atoms with Crippen molar-refractivity contribution in [1.29, 1.82) is 0 Å². The third-order valence-electron chi connectivity index (χ3n) is 3.12. The van der Waals surface area contributed by atoms with Gasteiger partial charge in [-0.05, 0) is 24.5 Å². The number of rotatable bonds is 8. The van der Waals surface area contributed by atoms with Crippen molar-refractivity contribution in [2.45, 2.75) is 33.3 Å². The van der Waals surface area contributed by atoms with Crippen molar-refractivity contribution in [3.05, 3.63) is 23.8 Å². The lowest BCUT2D eigenvalue weighted by Gasteiger charge is -2.23. The molecule has 0 saturated carbocycles. The topological polar surface area (TPSA) is 61.8 Å². The summed E-state index contributed by atoms with van der Waals surface area (Å²) >= 11 is 0. The first-order valence-electron chi connectivity index (χ1n) is 6.88. The minimum absolute atomic E-state index is 0.116. The normalized spacial score (nSPS) is 13.2. The van der Waals surface area contributed by atoms with E-state index in [1.165, 1.54) is 0 Å². The molecule has 0 spiro atoms. The van der Waals surface area contributed by atoms with E-state index in [0.717, 1.165) is 23.3 Å². The predicted octanol–water partition coefficient (Wildman–Crippen LogP) is 2.77. The molecule has 0 aromatic heterocycles. The third kappa shape index (κ3) is 6.35. The SMILES string of the molecule is COc1ccc(C)c(OC(CCOS(C)(=O)=O)C(C)C)c1. The molecule has 0 radical (unpaired) electrons. The Morgan fingerprint density at radius 2 is 1.90 bits per heavy atom. The molecule has 120 valence electrons. The zero-order valence-electron chi connectivity index (χ0n) is 13.3. The molecule has 0 aliphatic heterocycles. The second kappa shape index (κ2) is 7.66. The Kier molecular flexibility index (Phi) is 6.48. The van der Waals surface area contributed by atoms with Crippen LogP contribution in [0.3, 0.4) is 0 Å². The maximum absolute atomic E-state index is 11.0. The molecule has 6 heteroatoms. The smallest absolute Gasteiger partial charge is 0.264 e. The number of hydrogen-bond donors (Lipinski definition) is 0. The lowest BCUT2D eigenvalue weighted by Crippen LogP contribution is -2.25. The van der Waals surface area contributed by atoms with Gasteiger partial charge in [0.15, 0.2) is 0 Å². The molecule has 1 unspecified atom stereocenters. The summed E-state index contributed by atoms with van der Waals surface area (Å²) in [5.74, 6) is 1.71. The molecule has 1 aromatic rings. The Labute approximate surface area is 127 Å². The third-order valence-corrected chi connectivity index (χ3v) is 3.71. The van der Waals surface area contributed by atoms with Gasteiger partial charge in [-0.2, -0.15) is 8.42 Å². The first-order chi connectivity index (χ1) is 9.73. The van der Waals surface area contributed by atoms with Crippen LogP contribution in [0.2, 0.25) is 0 Å². The van der Waals surface area contributed by atoms with Crippen LogP contribution in [0.15, 0.2) is 18.2 Å². The van der Waals surface area contributed by atoms with Crippen molar-refractivity contribution >= 4 is 10.1 Å². The Morgan fingerprint density at radius 1 is 1.24 bits per heavy atom. The standard InChI is InChI=1S/C15H24O5S/c1-11(2)14(8-9-19-21(5,16)17)20-15-10-13(18-4)7-6-12(15)3/h6-7,10-11,14H,8-9H2,1-5H3. The van der Waals surface area contributed by atoms with Crippen molar-refractivity contribution in [2.75, 3.05) is 20.0 Å². The molecule has 1 rings (SSSR count). The van der Waals surface area contributed by atoms with Gasteiger partial charge in [-0.25, -0.2) is 0 Å². The number of ether oxygens (including phenoxy) is 2. The Hall–Kier alpha value is -1.27. The number of hydrogen-bond acceptors (Lipinski definition) is 5. The predicted molar refractivity (Wildman–Crippen MR) is 82.4 cm³/mol. The fraction of sp³-hybridized carbons (Fsp3) is 0.600. The molecule has 5 nitrogen and oxygen atoms in total. The van der Waals surface area contributed by atoms with Crippen molar-refractivity contribution < 1.29 is 22.1 Å². The van der Waals surface area contributed by atoms with Crippen LogP contribution in [0, 0.1) is 12.8 Å². The average Bonchev–Trinajstić information content (AvgIpc) is 2.38. The first kappa shape index (κ1) is 17.8. The fourth-order valence-corrected chi connectivity index (χ4v) is 2.24. The van der Waals surface area contributed by atoms with Gasteiger partial charge in [0.05, 0.1) is 20.0 Å². The van der Waals surface area contributed by atoms with Crippen LogP contribution in [-0.2, 0) is 14.3 Å². The second-order valence-corrected chi connectivity index (χ2v) is 6.99. The molecular weight excluding hydrogens is 292 g/mol. The van der Waals surface area contributed by atoms with E-state index in [1.807, 2.05) is 39.0 Å². The molecule has 0 bridgehead atoms. The van der Waals surface area contributed by atoms with E-state index in [2.05, 4.69) is 0 Å². The van der Waals surface area contributed by atoms with E-state index in [-0.39, 0.29) is 18.6 Å². The van der Waals surface area contributed by atoms with Gasteiger partial charge in [-0.3, -0.25) is 4.18 Å². The summed E-state index contributed by atoms with van der Waals surface area (Å²) in [7, 11) is -1.81. The molecule has 1 aromatic carbocycles. The molecule has 0 heterocycles. The molecular formula is C15H24O5S. The van der Waals surface area contributed by atoms with Crippen LogP contribution >= 0.6 is 0 Å². The highest BCUT2D eigenvalue weighted by atomic mass is 32.2. The maximum Gasteiger partial charge on any atom is 0.264 e. The summed E-state index contributed by atoms with van der Waals surface area (Å²) in [5.41, 5.74) is 1.01. The molecule has 0 saturated heterocycles. The van der Waals surface area contributed by atoms with Crippen molar-refractivity contribution in [1.82, 2.24) is 0 Å². The van der Waals surface area contributed by atoms with E-state index in [9.17, 15) is 8.42 Å². The van der Waals surface area contributed by atoms with Crippen LogP contribution in [-0.4, -0.2) is 34.5 Å². The van der Waals surface area contributed by atoms with E-state index in [4.69, 9.17) is 13.7 Å². The molecule has 0 aliphatic carbocycles. The average molecular weight is 316 g/mol. The second-order valence-electron chi connectivity index (χ2n) is 5.35. The van der Waals surface area contributed by atoms with E-state index in [1.54, 1.807) is 7.11 Å². The highest BCUT2D eigenvalue weighted by Crippen LogP contribution is 2.27. The minimum atomic E-state index is -3.41. The molecule has 21 heavy (non-hydrogen) atoms. The van der Waals surface area contributed by atoms with Crippen LogP contribution in [0.5, 0.6) is 11.5 Å². The lowest BCUT2D eigenvalue weighted by molar-refractivity contribution is 0.121. The van der Waals surface area contributed by atoms with Gasteiger partial charge in [0.2, 0.25) is 0 Å². The molecule has 0 amide bonds. The van der Waals surface area contributed by atoms with E-state index >= 15 is 0 Å². The number of benzene rings is 1. The Morgan fingerprint density at radius 3 is 2.43 bits per heavy atom. The summed E-state index contributed by atoms with van der Waals surface area (Å²) in [6.07, 6.45) is 1.42. The van der Waals surface area contributed by atoms with E-state index in [0.29, 0.717) is 6.42 Å². The van der Waals surface area contributed by atoms with Gasteiger partial charge in [-0.1, -0.05) is 19.9 Å². The monoisotopic (exact) mass is 316 g/mol. The zero-order chi connectivity index (χ0) is 16.0. The van der Waals surface area contributed by atoms with Crippen LogP contribution < -0.4 is 9.47 Å².